The van der Waals surface area contributed by atoms with Gasteiger partial charge in [-0.25, -0.2) is 4.68 Å². The quantitative estimate of drug-likeness (QED) is 0.642. The third-order valence-corrected chi connectivity index (χ3v) is 4.68. The van der Waals surface area contributed by atoms with Gasteiger partial charge in [0.05, 0.1) is 16.3 Å². The van der Waals surface area contributed by atoms with E-state index in [4.69, 9.17) is 0 Å². The minimum atomic E-state index is -0.461. The Morgan fingerprint density at radius 2 is 2.27 bits per heavy atom. The first-order valence-electron chi connectivity index (χ1n) is 8.62. The zero-order valence-corrected chi connectivity index (χ0v) is 14.9. The molecular weight excluding hydrogens is 336 g/mol. The topological polar surface area (TPSA) is 106 Å². The Balaban J connectivity index is 1.83. The lowest BCUT2D eigenvalue weighted by atomic mass is 9.97. The van der Waals surface area contributed by atoms with Crippen molar-refractivity contribution in [1.82, 2.24) is 25.2 Å². The Labute approximate surface area is 151 Å². The first-order valence-corrected chi connectivity index (χ1v) is 8.62. The molecule has 1 aromatic heterocycles. The van der Waals surface area contributed by atoms with E-state index in [-0.39, 0.29) is 11.6 Å². The maximum absolute atomic E-state index is 12.9. The third-order valence-electron chi connectivity index (χ3n) is 4.68. The van der Waals surface area contributed by atoms with Crippen molar-refractivity contribution in [3.8, 4) is 5.69 Å². The number of carbonyl (C=O) groups is 1. The number of aromatic nitrogens is 3. The maximum Gasteiger partial charge on any atom is 0.276 e. The molecule has 1 atom stereocenters. The van der Waals surface area contributed by atoms with Gasteiger partial charge < -0.3 is 10.2 Å². The SMILES string of the molecule is CNCC1CCCN(C(=O)c2nnn(-c3cccc([N+](=O)[O-])c3)c2C)C1. The first kappa shape index (κ1) is 18.0. The number of hydrogen-bond acceptors (Lipinski definition) is 6. The molecule has 1 aliphatic rings. The average molecular weight is 358 g/mol. The van der Waals surface area contributed by atoms with Gasteiger partial charge in [-0.1, -0.05) is 11.3 Å². The van der Waals surface area contributed by atoms with Gasteiger partial charge in [0, 0.05) is 25.2 Å². The van der Waals surface area contributed by atoms with Crippen molar-refractivity contribution >= 4 is 11.6 Å². The summed E-state index contributed by atoms with van der Waals surface area (Å²) < 4.78 is 1.47. The van der Waals surface area contributed by atoms with Crippen LogP contribution < -0.4 is 5.32 Å². The van der Waals surface area contributed by atoms with Gasteiger partial charge in [-0.15, -0.1) is 5.10 Å². The zero-order chi connectivity index (χ0) is 18.7. The van der Waals surface area contributed by atoms with Gasteiger partial charge in [0.2, 0.25) is 0 Å². The third kappa shape index (κ3) is 3.57. The normalized spacial score (nSPS) is 17.3. The van der Waals surface area contributed by atoms with Gasteiger partial charge in [0.25, 0.3) is 11.6 Å². The van der Waals surface area contributed by atoms with E-state index in [1.807, 2.05) is 11.9 Å². The summed E-state index contributed by atoms with van der Waals surface area (Å²) in [7, 11) is 1.91. The van der Waals surface area contributed by atoms with Crippen LogP contribution in [0.1, 0.15) is 29.0 Å². The number of non-ortho nitro benzene ring substituents is 1. The van der Waals surface area contributed by atoms with Crippen molar-refractivity contribution in [3.05, 3.63) is 45.8 Å². The summed E-state index contributed by atoms with van der Waals surface area (Å²) in [5.74, 6) is 0.296. The summed E-state index contributed by atoms with van der Waals surface area (Å²) in [5, 5.41) is 22.2. The second-order valence-corrected chi connectivity index (χ2v) is 6.53. The molecule has 9 heteroatoms. The van der Waals surface area contributed by atoms with Crippen LogP contribution >= 0.6 is 0 Å². The highest BCUT2D eigenvalue weighted by atomic mass is 16.6. The lowest BCUT2D eigenvalue weighted by Crippen LogP contribution is -2.42. The van der Waals surface area contributed by atoms with Gasteiger partial charge in [-0.3, -0.25) is 14.9 Å². The molecule has 0 saturated carbocycles. The van der Waals surface area contributed by atoms with Gasteiger partial charge in [-0.2, -0.15) is 0 Å². The number of amides is 1. The smallest absolute Gasteiger partial charge is 0.276 e. The van der Waals surface area contributed by atoms with E-state index in [1.54, 1.807) is 19.1 Å². The molecule has 138 valence electrons. The fraction of sp³-hybridized carbons (Fsp3) is 0.471. The predicted molar refractivity (Wildman–Crippen MR) is 95.3 cm³/mol. The summed E-state index contributed by atoms with van der Waals surface area (Å²) in [6.45, 7) is 4.04. The van der Waals surface area contributed by atoms with E-state index in [1.165, 1.54) is 16.8 Å². The van der Waals surface area contributed by atoms with Crippen LogP contribution in [0.3, 0.4) is 0 Å². The molecule has 1 saturated heterocycles. The number of nitro groups is 1. The lowest BCUT2D eigenvalue weighted by molar-refractivity contribution is -0.384. The molecule has 0 spiro atoms. The number of hydrogen-bond donors (Lipinski definition) is 1. The molecule has 1 aliphatic heterocycles. The Morgan fingerprint density at radius 3 is 3.00 bits per heavy atom. The van der Waals surface area contributed by atoms with Crippen LogP contribution in [0.5, 0.6) is 0 Å². The highest BCUT2D eigenvalue weighted by Gasteiger charge is 2.28. The largest absolute Gasteiger partial charge is 0.337 e. The van der Waals surface area contributed by atoms with Crippen molar-refractivity contribution in [2.45, 2.75) is 19.8 Å². The van der Waals surface area contributed by atoms with Gasteiger partial charge in [-0.05, 0) is 45.3 Å². The Bertz CT molecular complexity index is 817. The van der Waals surface area contributed by atoms with Crippen molar-refractivity contribution in [3.63, 3.8) is 0 Å². The lowest BCUT2D eigenvalue weighted by Gasteiger charge is -2.32. The van der Waals surface area contributed by atoms with E-state index >= 15 is 0 Å². The predicted octanol–water partition coefficient (Wildman–Crippen LogP) is 1.56. The molecule has 0 radical (unpaired) electrons. The number of nitrogens with one attached hydrogen (secondary N) is 1. The second-order valence-electron chi connectivity index (χ2n) is 6.53. The Morgan fingerprint density at radius 1 is 1.46 bits per heavy atom. The molecule has 2 aromatic rings. The van der Waals surface area contributed by atoms with Crippen LogP contribution in [0.2, 0.25) is 0 Å². The summed E-state index contributed by atoms with van der Waals surface area (Å²) in [5.41, 5.74) is 1.35. The number of piperidine rings is 1. The van der Waals surface area contributed by atoms with Crippen LogP contribution in [0.15, 0.2) is 24.3 Å². The standard InChI is InChI=1S/C17H22N6O3/c1-12-16(17(24)21-8-4-5-13(11-21)10-18-2)19-20-22(12)14-6-3-7-15(9-14)23(25)26/h3,6-7,9,13,18H,4-5,8,10-11H2,1-2H3. The van der Waals surface area contributed by atoms with Gasteiger partial charge >= 0.3 is 0 Å². The number of carbonyl (C=O) groups excluding carboxylic acids is 1. The summed E-state index contributed by atoms with van der Waals surface area (Å²) >= 11 is 0. The number of likely N-dealkylation sites (tertiary alicyclic amines) is 1. The van der Waals surface area contributed by atoms with E-state index in [9.17, 15) is 14.9 Å². The molecule has 0 aliphatic carbocycles. The number of nitro benzene ring substituents is 1. The zero-order valence-electron chi connectivity index (χ0n) is 14.9. The van der Waals surface area contributed by atoms with Crippen LogP contribution in [-0.2, 0) is 0 Å². The monoisotopic (exact) mass is 358 g/mol. The molecule has 1 amide bonds. The minimum absolute atomic E-state index is 0.0313. The van der Waals surface area contributed by atoms with Crippen molar-refractivity contribution < 1.29 is 9.72 Å². The molecule has 1 aromatic carbocycles. The van der Waals surface area contributed by atoms with Crippen LogP contribution in [0, 0.1) is 23.0 Å². The Hall–Kier alpha value is -2.81. The van der Waals surface area contributed by atoms with Crippen molar-refractivity contribution in [2.24, 2.45) is 5.92 Å². The van der Waals surface area contributed by atoms with E-state index in [2.05, 4.69) is 15.6 Å². The molecule has 1 fully saturated rings. The highest BCUT2D eigenvalue weighted by Crippen LogP contribution is 2.21. The van der Waals surface area contributed by atoms with Crippen LogP contribution in [-0.4, -0.2) is 57.4 Å². The molecule has 0 bridgehead atoms. The fourth-order valence-corrected chi connectivity index (χ4v) is 3.36. The molecule has 2 heterocycles. The average Bonchev–Trinajstić information content (AvgIpc) is 3.03. The van der Waals surface area contributed by atoms with Gasteiger partial charge in [0.1, 0.15) is 0 Å². The second kappa shape index (κ2) is 7.61. The van der Waals surface area contributed by atoms with E-state index in [0.717, 1.165) is 19.4 Å². The fourth-order valence-electron chi connectivity index (χ4n) is 3.36. The molecule has 3 rings (SSSR count). The van der Waals surface area contributed by atoms with E-state index in [0.29, 0.717) is 36.1 Å². The molecule has 1 N–H and O–H groups in total. The van der Waals surface area contributed by atoms with E-state index < -0.39 is 4.92 Å². The number of rotatable bonds is 5. The van der Waals surface area contributed by atoms with Gasteiger partial charge in [0.15, 0.2) is 5.69 Å². The Kier molecular flexibility index (Phi) is 5.27. The molecular formula is C17H22N6O3. The number of benzene rings is 1. The minimum Gasteiger partial charge on any atom is -0.337 e. The summed E-state index contributed by atoms with van der Waals surface area (Å²) in [4.78, 5) is 25.2. The van der Waals surface area contributed by atoms with Crippen LogP contribution in [0.4, 0.5) is 5.69 Å². The maximum atomic E-state index is 12.9. The first-order chi connectivity index (χ1) is 12.5. The van der Waals surface area contributed by atoms with Crippen LogP contribution in [0.25, 0.3) is 5.69 Å². The molecule has 1 unspecified atom stereocenters. The molecule has 9 nitrogen and oxygen atoms in total. The summed E-state index contributed by atoms with van der Waals surface area (Å²) in [6, 6.07) is 6.12. The highest BCUT2D eigenvalue weighted by molar-refractivity contribution is 5.93. The molecule has 26 heavy (non-hydrogen) atoms. The number of nitrogens with zero attached hydrogens (tertiary/aromatic N) is 5. The van der Waals surface area contributed by atoms with Crippen molar-refractivity contribution in [2.75, 3.05) is 26.7 Å². The summed E-state index contributed by atoms with van der Waals surface area (Å²) in [6.07, 6.45) is 2.07. The van der Waals surface area contributed by atoms with Crippen molar-refractivity contribution in [1.29, 1.82) is 0 Å².